The summed E-state index contributed by atoms with van der Waals surface area (Å²) in [6, 6.07) is 7.07. The molecule has 0 saturated heterocycles. The first-order chi connectivity index (χ1) is 10.9. The number of benzene rings is 1. The molecular formula is C16H15F2N3O2. The van der Waals surface area contributed by atoms with Gasteiger partial charge in [-0.15, -0.1) is 0 Å². The minimum atomic E-state index is -2.52. The second-order valence-corrected chi connectivity index (χ2v) is 5.67. The lowest BCUT2D eigenvalue weighted by Crippen LogP contribution is -2.36. The van der Waals surface area contributed by atoms with Crippen molar-refractivity contribution in [3.05, 3.63) is 63.3 Å². The number of nitrogens with one attached hydrogen (secondary N) is 2. The molecule has 0 spiro atoms. The van der Waals surface area contributed by atoms with Crippen molar-refractivity contribution in [2.24, 2.45) is 0 Å². The quantitative estimate of drug-likeness (QED) is 0.909. The molecule has 1 aromatic heterocycles. The summed E-state index contributed by atoms with van der Waals surface area (Å²) in [5, 5.41) is 2.86. The van der Waals surface area contributed by atoms with Gasteiger partial charge < -0.3 is 10.3 Å². The Kier molecular flexibility index (Phi) is 3.71. The Labute approximate surface area is 130 Å². The highest BCUT2D eigenvalue weighted by Gasteiger charge is 2.46. The Morgan fingerprint density at radius 3 is 2.48 bits per heavy atom. The van der Waals surface area contributed by atoms with Crippen LogP contribution in [0.3, 0.4) is 0 Å². The van der Waals surface area contributed by atoms with Crippen LogP contribution in [0.1, 0.15) is 46.7 Å². The lowest BCUT2D eigenvalue weighted by atomic mass is 10.0. The van der Waals surface area contributed by atoms with Gasteiger partial charge in [0.05, 0.1) is 5.54 Å². The molecular weight excluding hydrogens is 304 g/mol. The van der Waals surface area contributed by atoms with Crippen LogP contribution in [0.15, 0.2) is 35.1 Å². The van der Waals surface area contributed by atoms with Gasteiger partial charge in [0.1, 0.15) is 11.5 Å². The van der Waals surface area contributed by atoms with Crippen molar-refractivity contribution in [2.45, 2.75) is 31.7 Å². The molecule has 7 heteroatoms. The van der Waals surface area contributed by atoms with E-state index >= 15 is 0 Å². The highest BCUT2D eigenvalue weighted by atomic mass is 19.3. The Morgan fingerprint density at radius 1 is 1.30 bits per heavy atom. The SMILES string of the molecule is Cc1nc(C(=O)NC2(c3ccc(C(F)F)cc3)CC2)cc(=O)[nH]1. The van der Waals surface area contributed by atoms with Crippen LogP contribution in [0.5, 0.6) is 0 Å². The first kappa shape index (κ1) is 15.3. The molecule has 1 amide bonds. The molecule has 2 aromatic rings. The van der Waals surface area contributed by atoms with Gasteiger partial charge in [-0.1, -0.05) is 24.3 Å². The van der Waals surface area contributed by atoms with Crippen LogP contribution in [0, 0.1) is 6.92 Å². The molecule has 120 valence electrons. The summed E-state index contributed by atoms with van der Waals surface area (Å²) in [6.45, 7) is 1.59. The molecule has 0 radical (unpaired) electrons. The van der Waals surface area contributed by atoms with Crippen molar-refractivity contribution in [1.82, 2.24) is 15.3 Å². The number of alkyl halides is 2. The van der Waals surface area contributed by atoms with Crippen LogP contribution in [0.2, 0.25) is 0 Å². The fourth-order valence-electron chi connectivity index (χ4n) is 2.54. The van der Waals surface area contributed by atoms with E-state index in [-0.39, 0.29) is 11.3 Å². The fourth-order valence-corrected chi connectivity index (χ4v) is 2.54. The van der Waals surface area contributed by atoms with Crippen LogP contribution < -0.4 is 10.9 Å². The van der Waals surface area contributed by atoms with Gasteiger partial charge in [0.2, 0.25) is 0 Å². The zero-order valence-corrected chi connectivity index (χ0v) is 12.4. The lowest BCUT2D eigenvalue weighted by Gasteiger charge is -2.18. The summed E-state index contributed by atoms with van der Waals surface area (Å²) in [5.74, 6) is -0.0941. The number of nitrogens with zero attached hydrogens (tertiary/aromatic N) is 1. The van der Waals surface area contributed by atoms with E-state index in [4.69, 9.17) is 0 Å². The average molecular weight is 319 g/mol. The number of aromatic amines is 1. The first-order valence-electron chi connectivity index (χ1n) is 7.19. The van der Waals surface area contributed by atoms with Crippen molar-refractivity contribution in [3.63, 3.8) is 0 Å². The topological polar surface area (TPSA) is 74.8 Å². The third-order valence-electron chi connectivity index (χ3n) is 3.91. The van der Waals surface area contributed by atoms with Crippen molar-refractivity contribution in [1.29, 1.82) is 0 Å². The molecule has 5 nitrogen and oxygen atoms in total. The molecule has 1 heterocycles. The molecule has 1 saturated carbocycles. The van der Waals surface area contributed by atoms with Crippen molar-refractivity contribution in [2.75, 3.05) is 0 Å². The molecule has 1 fully saturated rings. The number of carbonyl (C=O) groups is 1. The molecule has 1 aliphatic rings. The van der Waals surface area contributed by atoms with Gasteiger partial charge in [0.25, 0.3) is 17.9 Å². The Morgan fingerprint density at radius 2 is 1.96 bits per heavy atom. The van der Waals surface area contributed by atoms with E-state index in [9.17, 15) is 18.4 Å². The number of rotatable bonds is 4. The van der Waals surface area contributed by atoms with Gasteiger partial charge in [-0.25, -0.2) is 13.8 Å². The molecule has 0 unspecified atom stereocenters. The highest BCUT2D eigenvalue weighted by Crippen LogP contribution is 2.45. The second-order valence-electron chi connectivity index (χ2n) is 5.67. The highest BCUT2D eigenvalue weighted by molar-refractivity contribution is 5.93. The van der Waals surface area contributed by atoms with E-state index in [1.54, 1.807) is 19.1 Å². The molecule has 1 aliphatic carbocycles. The minimum absolute atomic E-state index is 0.0433. The van der Waals surface area contributed by atoms with Gasteiger partial charge in [-0.05, 0) is 25.3 Å². The Balaban J connectivity index is 1.81. The second kappa shape index (κ2) is 5.57. The lowest BCUT2D eigenvalue weighted by molar-refractivity contribution is 0.0925. The number of aryl methyl sites for hydroxylation is 1. The predicted molar refractivity (Wildman–Crippen MR) is 79.4 cm³/mol. The van der Waals surface area contributed by atoms with E-state index in [0.29, 0.717) is 5.82 Å². The van der Waals surface area contributed by atoms with Crippen molar-refractivity contribution >= 4 is 5.91 Å². The number of halogens is 2. The smallest absolute Gasteiger partial charge is 0.270 e. The summed E-state index contributed by atoms with van der Waals surface area (Å²) in [6.07, 6.45) is -1.08. The monoisotopic (exact) mass is 319 g/mol. The number of amides is 1. The standard InChI is InChI=1S/C16H15F2N3O2/c1-9-19-12(8-13(22)20-9)15(23)21-16(6-7-16)11-4-2-10(3-5-11)14(17)18/h2-5,8,14H,6-7H2,1H3,(H,21,23)(H,19,20,22). The van der Waals surface area contributed by atoms with Gasteiger partial charge >= 0.3 is 0 Å². The average Bonchev–Trinajstić information content (AvgIpc) is 3.27. The first-order valence-corrected chi connectivity index (χ1v) is 7.19. The number of hydrogen-bond acceptors (Lipinski definition) is 3. The van der Waals surface area contributed by atoms with Crippen LogP contribution in [-0.2, 0) is 5.54 Å². The number of H-pyrrole nitrogens is 1. The third kappa shape index (κ3) is 3.13. The van der Waals surface area contributed by atoms with Gasteiger partial charge in [0.15, 0.2) is 0 Å². The van der Waals surface area contributed by atoms with Crippen LogP contribution >= 0.6 is 0 Å². The zero-order valence-electron chi connectivity index (χ0n) is 12.4. The molecule has 2 N–H and O–H groups in total. The summed E-state index contributed by atoms with van der Waals surface area (Å²) in [4.78, 5) is 30.2. The van der Waals surface area contributed by atoms with E-state index in [2.05, 4.69) is 15.3 Å². The summed E-state index contributed by atoms with van der Waals surface area (Å²) >= 11 is 0. The Bertz CT molecular complexity index is 796. The minimum Gasteiger partial charge on any atom is -0.341 e. The van der Waals surface area contributed by atoms with Crippen LogP contribution in [-0.4, -0.2) is 15.9 Å². The maximum absolute atomic E-state index is 12.6. The van der Waals surface area contributed by atoms with Crippen molar-refractivity contribution < 1.29 is 13.6 Å². The number of hydrogen-bond donors (Lipinski definition) is 2. The number of carbonyl (C=O) groups excluding carboxylic acids is 1. The number of aromatic nitrogens is 2. The molecule has 0 bridgehead atoms. The zero-order chi connectivity index (χ0) is 16.6. The predicted octanol–water partition coefficient (Wildman–Crippen LogP) is 2.44. The largest absolute Gasteiger partial charge is 0.341 e. The van der Waals surface area contributed by atoms with E-state index < -0.39 is 23.4 Å². The molecule has 1 aromatic carbocycles. The third-order valence-corrected chi connectivity index (χ3v) is 3.91. The molecule has 23 heavy (non-hydrogen) atoms. The summed E-state index contributed by atoms with van der Waals surface area (Å²) < 4.78 is 25.2. The van der Waals surface area contributed by atoms with Crippen LogP contribution in [0.25, 0.3) is 0 Å². The van der Waals surface area contributed by atoms with Gasteiger partial charge in [-0.2, -0.15) is 0 Å². The maximum Gasteiger partial charge on any atom is 0.270 e. The Hall–Kier alpha value is -2.57. The maximum atomic E-state index is 12.6. The van der Waals surface area contributed by atoms with Gasteiger partial charge in [-0.3, -0.25) is 9.59 Å². The fraction of sp³-hybridized carbons (Fsp3) is 0.312. The van der Waals surface area contributed by atoms with E-state index in [1.807, 2.05) is 0 Å². The molecule has 3 rings (SSSR count). The van der Waals surface area contributed by atoms with Crippen LogP contribution in [0.4, 0.5) is 8.78 Å². The summed E-state index contributed by atoms with van der Waals surface area (Å²) in [5.41, 5.74) is -0.189. The molecule has 0 aliphatic heterocycles. The van der Waals surface area contributed by atoms with Crippen molar-refractivity contribution in [3.8, 4) is 0 Å². The van der Waals surface area contributed by atoms with E-state index in [0.717, 1.165) is 24.5 Å². The normalized spacial score (nSPS) is 15.5. The molecule has 0 atom stereocenters. The van der Waals surface area contributed by atoms with E-state index in [1.165, 1.54) is 12.1 Å². The summed E-state index contributed by atoms with van der Waals surface area (Å²) in [7, 11) is 0. The van der Waals surface area contributed by atoms with Gasteiger partial charge in [0, 0.05) is 11.6 Å².